The Hall–Kier alpha value is -3.96. The van der Waals surface area contributed by atoms with Crippen LogP contribution in [-0.4, -0.2) is 18.0 Å². The summed E-state index contributed by atoms with van der Waals surface area (Å²) in [5.41, 5.74) is 5.76. The number of methoxy groups -OCH3 is 1. The highest BCUT2D eigenvalue weighted by Gasteiger charge is 2.23. The van der Waals surface area contributed by atoms with Crippen LogP contribution >= 0.6 is 11.3 Å². The molecule has 0 saturated carbocycles. The van der Waals surface area contributed by atoms with Crippen LogP contribution in [0.25, 0.3) is 21.3 Å². The van der Waals surface area contributed by atoms with Crippen molar-refractivity contribution in [1.82, 2.24) is 4.98 Å². The van der Waals surface area contributed by atoms with Crippen LogP contribution in [-0.2, 0) is 6.54 Å². The minimum Gasteiger partial charge on any atom is -0.494 e. The molecule has 0 aliphatic heterocycles. The number of nitrogens with zero attached hydrogens (tertiary/aromatic N) is 2. The quantitative estimate of drug-likeness (QED) is 0.268. The number of rotatable bonds is 6. The lowest BCUT2D eigenvalue weighted by Crippen LogP contribution is -2.30. The molecule has 0 fully saturated rings. The lowest BCUT2D eigenvalue weighted by atomic mass is 10.0. The zero-order valence-electron chi connectivity index (χ0n) is 19.1. The molecule has 0 spiro atoms. The van der Waals surface area contributed by atoms with Crippen molar-refractivity contribution in [3.8, 4) is 16.9 Å². The van der Waals surface area contributed by atoms with E-state index in [9.17, 15) is 4.79 Å². The van der Waals surface area contributed by atoms with Gasteiger partial charge in [-0.3, -0.25) is 9.69 Å². The summed E-state index contributed by atoms with van der Waals surface area (Å²) < 4.78 is 6.56. The van der Waals surface area contributed by atoms with Crippen molar-refractivity contribution in [2.45, 2.75) is 13.5 Å². The number of thiazole rings is 1. The number of hydrogen-bond acceptors (Lipinski definition) is 4. The molecule has 34 heavy (non-hydrogen) atoms. The number of aromatic nitrogens is 1. The molecule has 1 amide bonds. The number of fused-ring (bicyclic) bond motifs is 1. The lowest BCUT2D eigenvalue weighted by Gasteiger charge is -2.20. The molecule has 0 radical (unpaired) electrons. The largest absolute Gasteiger partial charge is 0.494 e. The van der Waals surface area contributed by atoms with Gasteiger partial charge in [-0.1, -0.05) is 90.2 Å². The number of amides is 1. The topological polar surface area (TPSA) is 42.4 Å². The summed E-state index contributed by atoms with van der Waals surface area (Å²) in [5, 5.41) is 0.656. The standard InChI is InChI=1S/C29H24N2O2S/c1-20-13-18-25(33-2)26-27(20)34-29(30-26)31(19-21-9-5-3-6-10-21)28(32)24-16-14-23(15-17-24)22-11-7-4-8-12-22/h3-18H,19H2,1-2H3. The second-order valence-corrected chi connectivity index (χ2v) is 9.06. The molecule has 0 aliphatic rings. The Morgan fingerprint density at radius 1 is 0.853 bits per heavy atom. The Labute approximate surface area is 203 Å². The minimum atomic E-state index is -0.0841. The van der Waals surface area contributed by atoms with Gasteiger partial charge in [0.2, 0.25) is 0 Å². The predicted octanol–water partition coefficient (Wildman–Crippen LogP) is 7.13. The molecule has 1 aromatic heterocycles. The fraction of sp³-hybridized carbons (Fsp3) is 0.103. The highest BCUT2D eigenvalue weighted by molar-refractivity contribution is 7.22. The van der Waals surface area contributed by atoms with Crippen LogP contribution in [0.2, 0.25) is 0 Å². The molecule has 0 atom stereocenters. The van der Waals surface area contributed by atoms with Crippen LogP contribution in [0.1, 0.15) is 21.5 Å². The average Bonchev–Trinajstić information content (AvgIpc) is 3.35. The third-order valence-electron chi connectivity index (χ3n) is 5.81. The maximum atomic E-state index is 13.8. The number of benzene rings is 4. The first kappa shape index (κ1) is 21.9. The van der Waals surface area contributed by atoms with Gasteiger partial charge in [0, 0.05) is 5.56 Å². The number of anilines is 1. The fourth-order valence-electron chi connectivity index (χ4n) is 3.96. The molecule has 168 valence electrons. The zero-order chi connectivity index (χ0) is 23.5. The maximum Gasteiger partial charge on any atom is 0.260 e. The van der Waals surface area contributed by atoms with E-state index < -0.39 is 0 Å². The summed E-state index contributed by atoms with van der Waals surface area (Å²) >= 11 is 1.52. The van der Waals surface area contributed by atoms with E-state index in [4.69, 9.17) is 9.72 Å². The van der Waals surface area contributed by atoms with Gasteiger partial charge in [0.05, 0.1) is 18.4 Å². The Balaban J connectivity index is 1.54. The Bertz CT molecular complexity index is 1430. The average molecular weight is 465 g/mol. The second-order valence-electron chi connectivity index (χ2n) is 8.08. The van der Waals surface area contributed by atoms with Crippen LogP contribution in [0.4, 0.5) is 5.13 Å². The number of carbonyl (C=O) groups is 1. The highest BCUT2D eigenvalue weighted by Crippen LogP contribution is 2.37. The monoisotopic (exact) mass is 464 g/mol. The van der Waals surface area contributed by atoms with Crippen LogP contribution in [0.15, 0.2) is 97.1 Å². The zero-order valence-corrected chi connectivity index (χ0v) is 19.9. The van der Waals surface area contributed by atoms with Crippen LogP contribution in [0, 0.1) is 6.92 Å². The first-order valence-corrected chi connectivity index (χ1v) is 11.9. The van der Waals surface area contributed by atoms with Gasteiger partial charge in [0.25, 0.3) is 5.91 Å². The minimum absolute atomic E-state index is 0.0841. The van der Waals surface area contributed by atoms with Gasteiger partial charge in [0.1, 0.15) is 11.3 Å². The first-order chi connectivity index (χ1) is 16.6. The molecule has 0 aliphatic carbocycles. The molecule has 0 unspecified atom stereocenters. The van der Waals surface area contributed by atoms with Gasteiger partial charge in [0.15, 0.2) is 5.13 Å². The van der Waals surface area contributed by atoms with Gasteiger partial charge in [-0.05, 0) is 47.4 Å². The van der Waals surface area contributed by atoms with Gasteiger partial charge in [-0.2, -0.15) is 0 Å². The smallest absolute Gasteiger partial charge is 0.260 e. The van der Waals surface area contributed by atoms with Crippen molar-refractivity contribution in [2.75, 3.05) is 12.0 Å². The van der Waals surface area contributed by atoms with Crippen molar-refractivity contribution in [1.29, 1.82) is 0 Å². The Morgan fingerprint density at radius 3 is 2.18 bits per heavy atom. The summed E-state index contributed by atoms with van der Waals surface area (Å²) in [5.74, 6) is 0.626. The molecule has 5 aromatic rings. The van der Waals surface area contributed by atoms with E-state index in [0.717, 1.165) is 32.5 Å². The van der Waals surface area contributed by atoms with Crippen molar-refractivity contribution >= 4 is 32.6 Å². The fourth-order valence-corrected chi connectivity index (χ4v) is 5.01. The number of carbonyl (C=O) groups excluding carboxylic acids is 1. The van der Waals surface area contributed by atoms with E-state index in [0.29, 0.717) is 23.0 Å². The SMILES string of the molecule is COc1ccc(C)c2sc(N(Cc3ccccc3)C(=O)c3ccc(-c4ccccc4)cc3)nc12. The lowest BCUT2D eigenvalue weighted by molar-refractivity contribution is 0.0985. The molecule has 1 heterocycles. The summed E-state index contributed by atoms with van der Waals surface area (Å²) in [6.07, 6.45) is 0. The molecule has 0 saturated heterocycles. The first-order valence-electron chi connectivity index (χ1n) is 11.1. The Morgan fingerprint density at radius 2 is 1.50 bits per heavy atom. The summed E-state index contributed by atoms with van der Waals surface area (Å²) in [6, 6.07) is 31.9. The third kappa shape index (κ3) is 4.30. The molecule has 4 nitrogen and oxygen atoms in total. The van der Waals surface area contributed by atoms with Crippen molar-refractivity contribution in [3.05, 3.63) is 114 Å². The van der Waals surface area contributed by atoms with E-state index in [2.05, 4.69) is 19.1 Å². The molecule has 0 bridgehead atoms. The molecule has 5 heteroatoms. The molecule has 4 aromatic carbocycles. The molecular formula is C29H24N2O2S. The van der Waals surface area contributed by atoms with E-state index in [1.807, 2.05) is 84.9 Å². The third-order valence-corrected chi connectivity index (χ3v) is 7.02. The normalized spacial score (nSPS) is 10.9. The van der Waals surface area contributed by atoms with E-state index in [-0.39, 0.29) is 5.91 Å². The maximum absolute atomic E-state index is 13.8. The highest BCUT2D eigenvalue weighted by atomic mass is 32.1. The molecular weight excluding hydrogens is 440 g/mol. The van der Waals surface area contributed by atoms with Gasteiger partial charge in [-0.25, -0.2) is 4.98 Å². The van der Waals surface area contributed by atoms with Gasteiger partial charge < -0.3 is 4.74 Å². The van der Waals surface area contributed by atoms with Crippen molar-refractivity contribution < 1.29 is 9.53 Å². The van der Waals surface area contributed by atoms with E-state index >= 15 is 0 Å². The summed E-state index contributed by atoms with van der Waals surface area (Å²) in [7, 11) is 1.64. The van der Waals surface area contributed by atoms with Gasteiger partial charge in [-0.15, -0.1) is 0 Å². The van der Waals surface area contributed by atoms with Crippen LogP contribution in [0.3, 0.4) is 0 Å². The van der Waals surface area contributed by atoms with Crippen molar-refractivity contribution in [3.63, 3.8) is 0 Å². The van der Waals surface area contributed by atoms with Crippen LogP contribution < -0.4 is 9.64 Å². The van der Waals surface area contributed by atoms with E-state index in [1.165, 1.54) is 11.3 Å². The van der Waals surface area contributed by atoms with Crippen molar-refractivity contribution in [2.24, 2.45) is 0 Å². The number of aryl methyl sites for hydroxylation is 1. The van der Waals surface area contributed by atoms with Crippen LogP contribution in [0.5, 0.6) is 5.75 Å². The Kier molecular flexibility index (Phi) is 6.11. The molecule has 5 rings (SSSR count). The summed E-state index contributed by atoms with van der Waals surface area (Å²) in [6.45, 7) is 2.48. The number of hydrogen-bond donors (Lipinski definition) is 0. The van der Waals surface area contributed by atoms with E-state index in [1.54, 1.807) is 12.0 Å². The molecule has 0 N–H and O–H groups in total. The second kappa shape index (κ2) is 9.49. The number of ether oxygens (including phenoxy) is 1. The summed E-state index contributed by atoms with van der Waals surface area (Å²) in [4.78, 5) is 20.4. The van der Waals surface area contributed by atoms with Gasteiger partial charge >= 0.3 is 0 Å². The predicted molar refractivity (Wildman–Crippen MR) is 140 cm³/mol.